The first-order valence-corrected chi connectivity index (χ1v) is 16.6. The van der Waals surface area contributed by atoms with E-state index in [1.807, 2.05) is 13.8 Å². The molecule has 0 fully saturated rings. The van der Waals surface area contributed by atoms with Crippen molar-refractivity contribution in [2.45, 2.75) is 39.5 Å². The van der Waals surface area contributed by atoms with Gasteiger partial charge in [0.1, 0.15) is 11.4 Å². The van der Waals surface area contributed by atoms with E-state index < -0.39 is 11.9 Å². The van der Waals surface area contributed by atoms with Crippen LogP contribution in [-0.4, -0.2) is 45.1 Å². The molecular formula is C38H34N8NiO6-2. The number of aromatic nitrogens is 4. The molecule has 6 aromatic rings. The maximum atomic E-state index is 12.2. The number of benzene rings is 2. The molecule has 0 unspecified atom stereocenters. The van der Waals surface area contributed by atoms with E-state index in [9.17, 15) is 19.8 Å². The average molecular weight is 757 g/mol. The van der Waals surface area contributed by atoms with Crippen LogP contribution >= 0.6 is 0 Å². The summed E-state index contributed by atoms with van der Waals surface area (Å²) >= 11 is 0. The summed E-state index contributed by atoms with van der Waals surface area (Å²) in [6, 6.07) is 19.4. The van der Waals surface area contributed by atoms with Crippen LogP contribution in [0.15, 0.2) is 118 Å². The monoisotopic (exact) mass is 756 g/mol. The van der Waals surface area contributed by atoms with Gasteiger partial charge in [0, 0.05) is 41.3 Å². The Bertz CT molecular complexity index is 2050. The van der Waals surface area contributed by atoms with Gasteiger partial charge in [0.25, 0.3) is 0 Å². The van der Waals surface area contributed by atoms with Crippen LogP contribution in [0.5, 0.6) is 11.5 Å². The summed E-state index contributed by atoms with van der Waals surface area (Å²) in [7, 11) is 0. The molecular weight excluding hydrogens is 723 g/mol. The van der Waals surface area contributed by atoms with Crippen molar-refractivity contribution in [2.24, 2.45) is 20.5 Å². The van der Waals surface area contributed by atoms with Gasteiger partial charge in [0.15, 0.2) is 11.6 Å². The molecule has 15 heteroatoms. The number of ether oxygens (including phenoxy) is 2. The quantitative estimate of drug-likeness (QED) is 0.0508. The fourth-order valence-corrected chi connectivity index (χ4v) is 4.57. The molecule has 0 amide bonds. The number of pyridine rings is 4. The molecule has 0 atom stereocenters. The van der Waals surface area contributed by atoms with Crippen molar-refractivity contribution in [3.05, 3.63) is 109 Å². The second kappa shape index (κ2) is 20.0. The van der Waals surface area contributed by atoms with E-state index >= 15 is 0 Å². The van der Waals surface area contributed by atoms with Gasteiger partial charge in [-0.1, -0.05) is 62.5 Å². The third-order valence-corrected chi connectivity index (χ3v) is 7.33. The minimum Gasteiger partial charge on any atom is -0.872 e. The first-order valence-electron chi connectivity index (χ1n) is 16.6. The Morgan fingerprint density at radius 1 is 0.604 bits per heavy atom. The molecule has 53 heavy (non-hydrogen) atoms. The largest absolute Gasteiger partial charge is 0.872 e. The van der Waals surface area contributed by atoms with Crippen molar-refractivity contribution in [1.29, 1.82) is 0 Å². The van der Waals surface area contributed by atoms with Crippen LogP contribution in [0.3, 0.4) is 0 Å². The van der Waals surface area contributed by atoms with Gasteiger partial charge >= 0.3 is 11.9 Å². The molecule has 2 aromatic carbocycles. The number of rotatable bonds is 12. The zero-order valence-electron chi connectivity index (χ0n) is 28.8. The first kappa shape index (κ1) is 39.6. The minimum atomic E-state index is -0.493. The van der Waals surface area contributed by atoms with Crippen LogP contribution in [-0.2, 0) is 26.0 Å². The SMILES string of the molecule is CCCCOC(=O)c1cnc2c(N=Nc3ccccn3)ccc([O-])c2c1.CCCCOC(=O)c1cnc2c(N=Nc3ccccn3)ccc([O-])c2c1.[Ni]. The number of unbranched alkanes of at least 4 members (excludes halogenated alkanes) is 2. The topological polar surface area (TPSA) is 200 Å². The predicted molar refractivity (Wildman–Crippen MR) is 190 cm³/mol. The second-order valence-corrected chi connectivity index (χ2v) is 11.2. The van der Waals surface area contributed by atoms with Crippen molar-refractivity contribution >= 4 is 56.8 Å². The summed E-state index contributed by atoms with van der Waals surface area (Å²) in [6.45, 7) is 4.71. The Hall–Kier alpha value is -6.21. The summed E-state index contributed by atoms with van der Waals surface area (Å²) in [6.07, 6.45) is 9.43. The van der Waals surface area contributed by atoms with E-state index in [1.165, 1.54) is 36.7 Å². The van der Waals surface area contributed by atoms with Gasteiger partial charge in [-0.25, -0.2) is 19.6 Å². The Morgan fingerprint density at radius 3 is 1.42 bits per heavy atom. The molecule has 0 aliphatic carbocycles. The van der Waals surface area contributed by atoms with Crippen molar-refractivity contribution in [1.82, 2.24) is 19.9 Å². The zero-order valence-corrected chi connectivity index (χ0v) is 29.8. The molecule has 0 radical (unpaired) electrons. The number of hydrogen-bond donors (Lipinski definition) is 0. The predicted octanol–water partition coefficient (Wildman–Crippen LogP) is 8.15. The van der Waals surface area contributed by atoms with Gasteiger partial charge in [-0.2, -0.15) is 0 Å². The van der Waals surface area contributed by atoms with Gasteiger partial charge < -0.3 is 19.7 Å². The van der Waals surface area contributed by atoms with Crippen LogP contribution in [0.1, 0.15) is 60.2 Å². The van der Waals surface area contributed by atoms with Gasteiger partial charge in [0.05, 0.1) is 35.4 Å². The second-order valence-electron chi connectivity index (χ2n) is 11.2. The fourth-order valence-electron chi connectivity index (χ4n) is 4.57. The number of esters is 2. The molecule has 0 N–H and O–H groups in total. The van der Waals surface area contributed by atoms with Crippen molar-refractivity contribution < 1.29 is 45.8 Å². The van der Waals surface area contributed by atoms with E-state index in [0.29, 0.717) is 58.0 Å². The molecule has 4 aromatic heterocycles. The summed E-state index contributed by atoms with van der Waals surface area (Å²) in [5, 5.41) is 41.3. The number of hydrogen-bond acceptors (Lipinski definition) is 14. The molecule has 0 aliphatic rings. The van der Waals surface area contributed by atoms with Crippen molar-refractivity contribution in [3.63, 3.8) is 0 Å². The van der Waals surface area contributed by atoms with Crippen LogP contribution in [0.4, 0.5) is 23.0 Å². The van der Waals surface area contributed by atoms with Gasteiger partial charge in [-0.3, -0.25) is 9.97 Å². The summed E-state index contributed by atoms with van der Waals surface area (Å²) in [4.78, 5) is 40.7. The molecule has 0 bridgehead atoms. The standard InChI is InChI=1S/2C19H18N4O3.Ni/c2*1-2-3-10-26-19(25)13-11-14-16(24)8-7-15(18(14)21-12-13)22-23-17-6-4-5-9-20-17;/h2*4-9,11-12,24H,2-3,10H2,1H3;/p-2. The Morgan fingerprint density at radius 2 is 1.04 bits per heavy atom. The first-order chi connectivity index (χ1) is 25.4. The third kappa shape index (κ3) is 10.9. The summed E-state index contributed by atoms with van der Waals surface area (Å²) in [5.41, 5.74) is 2.09. The Balaban J connectivity index is 0.000000232. The molecule has 0 saturated heterocycles. The van der Waals surface area contributed by atoms with E-state index in [-0.39, 0.29) is 39.1 Å². The van der Waals surface area contributed by atoms with E-state index in [1.54, 1.807) is 60.9 Å². The smallest absolute Gasteiger partial charge is 0.339 e. The minimum absolute atomic E-state index is 0. The molecule has 0 spiro atoms. The van der Waals surface area contributed by atoms with Crippen LogP contribution < -0.4 is 10.2 Å². The molecule has 0 saturated carbocycles. The van der Waals surface area contributed by atoms with Gasteiger partial charge in [-0.15, -0.1) is 20.5 Å². The normalized spacial score (nSPS) is 10.9. The van der Waals surface area contributed by atoms with Crippen molar-refractivity contribution in [3.8, 4) is 11.5 Å². The van der Waals surface area contributed by atoms with Gasteiger partial charge in [-0.05, 0) is 72.1 Å². The number of fused-ring (bicyclic) bond motifs is 2. The summed E-state index contributed by atoms with van der Waals surface area (Å²) in [5.74, 6) is -0.577. The zero-order chi connectivity index (χ0) is 36.7. The Kier molecular flexibility index (Phi) is 14.9. The maximum Gasteiger partial charge on any atom is 0.339 e. The van der Waals surface area contributed by atoms with Crippen LogP contribution in [0.25, 0.3) is 21.8 Å². The molecule has 14 nitrogen and oxygen atoms in total. The van der Waals surface area contributed by atoms with E-state index in [4.69, 9.17) is 9.47 Å². The Labute approximate surface area is 315 Å². The number of carbonyl (C=O) groups excluding carboxylic acids is 2. The van der Waals surface area contributed by atoms with Gasteiger partial charge in [0.2, 0.25) is 0 Å². The van der Waals surface area contributed by atoms with Crippen LogP contribution in [0.2, 0.25) is 0 Å². The molecule has 4 heterocycles. The molecule has 274 valence electrons. The van der Waals surface area contributed by atoms with Crippen molar-refractivity contribution in [2.75, 3.05) is 13.2 Å². The number of nitrogens with zero attached hydrogens (tertiary/aromatic N) is 8. The number of azo groups is 2. The van der Waals surface area contributed by atoms with E-state index in [2.05, 4.69) is 40.4 Å². The average Bonchev–Trinajstić information content (AvgIpc) is 3.18. The fraction of sp³-hybridized carbons (Fsp3) is 0.211. The molecule has 0 aliphatic heterocycles. The maximum absolute atomic E-state index is 12.2. The van der Waals surface area contributed by atoms with Crippen LogP contribution in [0, 0.1) is 0 Å². The van der Waals surface area contributed by atoms with E-state index in [0.717, 1.165) is 25.7 Å². The third-order valence-electron chi connectivity index (χ3n) is 7.33. The molecule has 6 rings (SSSR count). The number of carbonyl (C=O) groups is 2. The summed E-state index contributed by atoms with van der Waals surface area (Å²) < 4.78 is 10.3.